The number of hydrogen-bond acceptors (Lipinski definition) is 4. The van der Waals surface area contributed by atoms with Crippen molar-refractivity contribution in [3.05, 3.63) is 0 Å². The Bertz CT molecular complexity index is 448. The van der Waals surface area contributed by atoms with E-state index in [-0.39, 0.29) is 17.8 Å². The molecule has 1 saturated heterocycles. The van der Waals surface area contributed by atoms with E-state index < -0.39 is 16.8 Å². The van der Waals surface area contributed by atoms with Crippen molar-refractivity contribution in [2.24, 2.45) is 22.7 Å². The number of carboxylic acids is 1. The number of aliphatic carboxylic acids is 1. The lowest BCUT2D eigenvalue weighted by Gasteiger charge is -2.63. The number of rotatable bonds is 6. The standard InChI is InChI=1S/C16H24O5/c1-2-3-8-20-9-11-12-10-21-14(19)16(12)7-5-4-6-15(11,16)13(17)18/h11-12H,2-10H2,1H3,(H,17,18)/t11-,12-,15-,16+/m1/s1. The van der Waals surface area contributed by atoms with Crippen LogP contribution >= 0.6 is 0 Å². The van der Waals surface area contributed by atoms with Crippen molar-refractivity contribution in [1.82, 2.24) is 0 Å². The van der Waals surface area contributed by atoms with Crippen molar-refractivity contribution in [1.29, 1.82) is 0 Å². The third-order valence-corrected chi connectivity index (χ3v) is 6.02. The van der Waals surface area contributed by atoms with Gasteiger partial charge < -0.3 is 14.6 Å². The minimum atomic E-state index is -0.949. The van der Waals surface area contributed by atoms with E-state index in [1.807, 2.05) is 0 Å². The summed E-state index contributed by atoms with van der Waals surface area (Å²) in [5.41, 5.74) is -1.72. The molecule has 1 spiro atoms. The molecule has 0 unspecified atom stereocenters. The van der Waals surface area contributed by atoms with Crippen LogP contribution in [0.4, 0.5) is 0 Å². The van der Waals surface area contributed by atoms with E-state index in [4.69, 9.17) is 9.47 Å². The summed E-state index contributed by atoms with van der Waals surface area (Å²) in [5.74, 6) is -1.16. The SMILES string of the molecule is CCCCOC[C@@H]1[C@H]2COC(=O)[C@]23CCCC[C@]13C(=O)O. The topological polar surface area (TPSA) is 72.8 Å². The van der Waals surface area contributed by atoms with Crippen LogP contribution in [-0.2, 0) is 19.1 Å². The molecular weight excluding hydrogens is 272 g/mol. The molecule has 3 fully saturated rings. The lowest BCUT2D eigenvalue weighted by Crippen LogP contribution is -2.72. The van der Waals surface area contributed by atoms with Gasteiger partial charge in [-0.3, -0.25) is 9.59 Å². The van der Waals surface area contributed by atoms with Crippen LogP contribution in [0.1, 0.15) is 45.4 Å². The minimum absolute atomic E-state index is 0.0306. The van der Waals surface area contributed by atoms with E-state index in [0.717, 1.165) is 25.7 Å². The Morgan fingerprint density at radius 3 is 2.90 bits per heavy atom. The summed E-state index contributed by atoms with van der Waals surface area (Å²) in [6, 6.07) is 0. The Morgan fingerprint density at radius 2 is 2.19 bits per heavy atom. The molecule has 0 radical (unpaired) electrons. The summed E-state index contributed by atoms with van der Waals surface area (Å²) >= 11 is 0. The molecule has 0 aromatic rings. The van der Waals surface area contributed by atoms with Gasteiger partial charge in [0.1, 0.15) is 0 Å². The smallest absolute Gasteiger partial charge is 0.313 e. The van der Waals surface area contributed by atoms with Crippen molar-refractivity contribution in [2.75, 3.05) is 19.8 Å². The molecule has 1 aliphatic heterocycles. The molecule has 0 aromatic carbocycles. The molecule has 0 bridgehead atoms. The molecular formula is C16H24O5. The fraction of sp³-hybridized carbons (Fsp3) is 0.875. The highest BCUT2D eigenvalue weighted by Gasteiger charge is 2.81. The molecule has 3 aliphatic rings. The van der Waals surface area contributed by atoms with Crippen LogP contribution in [0.5, 0.6) is 0 Å². The van der Waals surface area contributed by atoms with Crippen LogP contribution in [0.15, 0.2) is 0 Å². The summed E-state index contributed by atoms with van der Waals surface area (Å²) in [6.07, 6.45) is 5.08. The van der Waals surface area contributed by atoms with Gasteiger partial charge in [-0.25, -0.2) is 0 Å². The zero-order chi connectivity index (χ0) is 15.1. The zero-order valence-electron chi connectivity index (χ0n) is 12.6. The first-order chi connectivity index (χ1) is 10.1. The van der Waals surface area contributed by atoms with Gasteiger partial charge in [0.15, 0.2) is 0 Å². The fourth-order valence-corrected chi connectivity index (χ4v) is 5.04. The molecule has 4 atom stereocenters. The lowest BCUT2D eigenvalue weighted by atomic mass is 9.35. The second kappa shape index (κ2) is 5.27. The molecule has 118 valence electrons. The molecule has 2 aliphatic carbocycles. The summed E-state index contributed by atoms with van der Waals surface area (Å²) in [7, 11) is 0. The number of unbranched alkanes of at least 4 members (excludes halogenated alkanes) is 1. The summed E-state index contributed by atoms with van der Waals surface area (Å²) in [6.45, 7) is 3.57. The van der Waals surface area contributed by atoms with Crippen molar-refractivity contribution < 1.29 is 24.2 Å². The van der Waals surface area contributed by atoms with Gasteiger partial charge in [0.05, 0.1) is 24.0 Å². The van der Waals surface area contributed by atoms with Crippen LogP contribution in [0.2, 0.25) is 0 Å². The Labute approximate surface area is 125 Å². The first-order valence-corrected chi connectivity index (χ1v) is 8.09. The first-order valence-electron chi connectivity index (χ1n) is 8.09. The van der Waals surface area contributed by atoms with Crippen molar-refractivity contribution in [3.8, 4) is 0 Å². The molecule has 1 N–H and O–H groups in total. The van der Waals surface area contributed by atoms with Gasteiger partial charge in [0, 0.05) is 18.4 Å². The maximum atomic E-state index is 12.3. The monoisotopic (exact) mass is 296 g/mol. The minimum Gasteiger partial charge on any atom is -0.481 e. The Kier molecular flexibility index (Phi) is 3.72. The number of ether oxygens (including phenoxy) is 2. The van der Waals surface area contributed by atoms with Gasteiger partial charge in [0.2, 0.25) is 0 Å². The highest BCUT2D eigenvalue weighted by atomic mass is 16.5. The van der Waals surface area contributed by atoms with Crippen LogP contribution in [0, 0.1) is 22.7 Å². The maximum absolute atomic E-state index is 12.3. The normalized spacial score (nSPS) is 40.9. The number of hydrogen-bond donors (Lipinski definition) is 1. The second-order valence-corrected chi connectivity index (χ2v) is 6.69. The number of esters is 1. The molecule has 21 heavy (non-hydrogen) atoms. The van der Waals surface area contributed by atoms with E-state index in [9.17, 15) is 14.7 Å². The van der Waals surface area contributed by atoms with Gasteiger partial charge in [-0.2, -0.15) is 0 Å². The van der Waals surface area contributed by atoms with Crippen molar-refractivity contribution in [2.45, 2.75) is 45.4 Å². The van der Waals surface area contributed by atoms with E-state index in [1.165, 1.54) is 0 Å². The van der Waals surface area contributed by atoms with Crippen LogP contribution in [-0.4, -0.2) is 36.9 Å². The predicted octanol–water partition coefficient (Wildman–Crippen LogP) is 2.24. The molecule has 0 amide bonds. The van der Waals surface area contributed by atoms with E-state index in [0.29, 0.717) is 32.7 Å². The Morgan fingerprint density at radius 1 is 1.43 bits per heavy atom. The summed E-state index contributed by atoms with van der Waals surface area (Å²) < 4.78 is 11.0. The van der Waals surface area contributed by atoms with Gasteiger partial charge in [-0.05, 0) is 19.3 Å². The van der Waals surface area contributed by atoms with Crippen LogP contribution in [0.25, 0.3) is 0 Å². The van der Waals surface area contributed by atoms with Gasteiger partial charge in [0.25, 0.3) is 0 Å². The molecule has 0 aromatic heterocycles. The molecule has 2 saturated carbocycles. The predicted molar refractivity (Wildman–Crippen MR) is 74.6 cm³/mol. The van der Waals surface area contributed by atoms with Crippen LogP contribution in [0.3, 0.4) is 0 Å². The molecule has 1 heterocycles. The van der Waals surface area contributed by atoms with Gasteiger partial charge >= 0.3 is 11.9 Å². The molecule has 5 nitrogen and oxygen atoms in total. The van der Waals surface area contributed by atoms with E-state index >= 15 is 0 Å². The van der Waals surface area contributed by atoms with E-state index in [2.05, 4.69) is 6.92 Å². The van der Waals surface area contributed by atoms with E-state index in [1.54, 1.807) is 0 Å². The quantitative estimate of drug-likeness (QED) is 0.601. The number of carboxylic acid groups (broad SMARTS) is 1. The first kappa shape index (κ1) is 14.8. The fourth-order valence-electron chi connectivity index (χ4n) is 5.04. The number of carbonyl (C=O) groups excluding carboxylic acids is 1. The zero-order valence-corrected chi connectivity index (χ0v) is 12.6. The molecule has 5 heteroatoms. The number of carbonyl (C=O) groups is 2. The summed E-state index contributed by atoms with van der Waals surface area (Å²) in [5, 5.41) is 9.89. The van der Waals surface area contributed by atoms with Crippen molar-refractivity contribution >= 4 is 11.9 Å². The maximum Gasteiger partial charge on any atom is 0.313 e. The average molecular weight is 296 g/mol. The van der Waals surface area contributed by atoms with Crippen LogP contribution < -0.4 is 0 Å². The third kappa shape index (κ3) is 1.73. The van der Waals surface area contributed by atoms with Gasteiger partial charge in [-0.1, -0.05) is 26.2 Å². The second-order valence-electron chi connectivity index (χ2n) is 6.69. The Balaban J connectivity index is 1.84. The highest BCUT2D eigenvalue weighted by molar-refractivity contribution is 5.92. The van der Waals surface area contributed by atoms with Gasteiger partial charge in [-0.15, -0.1) is 0 Å². The highest BCUT2D eigenvalue weighted by Crippen LogP contribution is 2.73. The number of cyclic esters (lactones) is 1. The largest absolute Gasteiger partial charge is 0.481 e. The molecule has 3 rings (SSSR count). The summed E-state index contributed by atoms with van der Waals surface area (Å²) in [4.78, 5) is 24.4. The third-order valence-electron chi connectivity index (χ3n) is 6.02. The van der Waals surface area contributed by atoms with Crippen molar-refractivity contribution in [3.63, 3.8) is 0 Å². The lowest BCUT2D eigenvalue weighted by molar-refractivity contribution is -0.234. The Hall–Kier alpha value is -1.10. The average Bonchev–Trinajstić information content (AvgIpc) is 2.72.